The summed E-state index contributed by atoms with van der Waals surface area (Å²) in [5, 5.41) is 2.83. The van der Waals surface area contributed by atoms with Crippen molar-refractivity contribution in [3.63, 3.8) is 0 Å². The zero-order valence-corrected chi connectivity index (χ0v) is 22.3. The molecule has 2 unspecified atom stereocenters. The molecule has 204 valence electrons. The molecule has 0 fully saturated rings. The van der Waals surface area contributed by atoms with E-state index in [4.69, 9.17) is 9.68 Å². The van der Waals surface area contributed by atoms with Gasteiger partial charge in [-0.3, -0.25) is 9.98 Å². The molecule has 0 amide bonds. The number of rotatable bonds is 8. The number of carbonyl (C=O) groups is 2. The number of hydroxylamine groups is 4. The summed E-state index contributed by atoms with van der Waals surface area (Å²) in [4.78, 5) is 44.1. The lowest BCUT2D eigenvalue weighted by atomic mass is 9.89. The molecule has 8 heteroatoms. The van der Waals surface area contributed by atoms with Gasteiger partial charge in [0.15, 0.2) is 0 Å². The smallest absolute Gasteiger partial charge is 0.335 e. The van der Waals surface area contributed by atoms with Gasteiger partial charge in [-0.1, -0.05) is 71.8 Å². The number of nitrogens with zero attached hydrogens (tertiary/aromatic N) is 4. The fourth-order valence-electron chi connectivity index (χ4n) is 5.63. The lowest BCUT2D eigenvalue weighted by Gasteiger charge is -2.19. The second kappa shape index (κ2) is 11.7. The normalized spacial score (nSPS) is 21.2. The van der Waals surface area contributed by atoms with E-state index in [0.717, 1.165) is 50.7 Å². The van der Waals surface area contributed by atoms with Crippen LogP contribution in [-0.2, 0) is 32.1 Å². The van der Waals surface area contributed by atoms with Gasteiger partial charge in [0, 0.05) is 12.2 Å². The quantitative estimate of drug-likeness (QED) is 0.454. The minimum Gasteiger partial charge on any atom is -0.335 e. The van der Waals surface area contributed by atoms with Crippen LogP contribution in [0.25, 0.3) is 12.2 Å². The van der Waals surface area contributed by atoms with Crippen LogP contribution in [0.3, 0.4) is 0 Å². The third-order valence-corrected chi connectivity index (χ3v) is 7.62. The Morgan fingerprint density at radius 3 is 1.62 bits per heavy atom. The molecule has 0 saturated heterocycles. The highest BCUT2D eigenvalue weighted by Crippen LogP contribution is 2.29. The van der Waals surface area contributed by atoms with E-state index in [2.05, 4.69) is 70.7 Å². The summed E-state index contributed by atoms with van der Waals surface area (Å²) >= 11 is 0. The van der Waals surface area contributed by atoms with Crippen LogP contribution >= 0.6 is 0 Å². The number of aliphatic imine (C=N–C) groups is 2. The summed E-state index contributed by atoms with van der Waals surface area (Å²) in [7, 11) is 0. The Hall–Kier alpha value is -4.46. The van der Waals surface area contributed by atoms with Crippen molar-refractivity contribution in [3.05, 3.63) is 94.1 Å². The lowest BCUT2D eigenvalue weighted by molar-refractivity contribution is -0.167. The Kier molecular flexibility index (Phi) is 7.57. The van der Waals surface area contributed by atoms with Crippen LogP contribution in [0.15, 0.2) is 81.8 Å². The third-order valence-electron chi connectivity index (χ3n) is 7.62. The second-order valence-corrected chi connectivity index (χ2v) is 10.6. The van der Waals surface area contributed by atoms with Crippen LogP contribution in [0.2, 0.25) is 0 Å². The summed E-state index contributed by atoms with van der Waals surface area (Å²) in [5.41, 5.74) is 8.00. The molecule has 8 nitrogen and oxygen atoms in total. The van der Waals surface area contributed by atoms with Gasteiger partial charge in [0.25, 0.3) is 0 Å². The maximum atomic E-state index is 12.3. The predicted molar refractivity (Wildman–Crippen MR) is 154 cm³/mol. The standard InChI is InChI=1S/C32H32N4O4/c37-31(39-35-19-29(33-21-35)17-23-9-11-25-5-1-3-7-27(25)15-23)13-14-32(38)40-36-20-30(34-22-36)18-24-10-12-26-6-2-4-8-28(26)16-24/h1-8,13-16,21-22,29-30H,9-12,17-20H2/b14-13+. The molecule has 2 aromatic carbocycles. The van der Waals surface area contributed by atoms with Gasteiger partial charge in [0.05, 0.1) is 25.2 Å². The van der Waals surface area contributed by atoms with E-state index in [1.54, 1.807) is 0 Å². The van der Waals surface area contributed by atoms with Crippen molar-refractivity contribution >= 4 is 36.8 Å². The Bertz CT molecular complexity index is 1330. The summed E-state index contributed by atoms with van der Waals surface area (Å²) in [6.45, 7) is 0.966. The Labute approximate surface area is 233 Å². The highest BCUT2D eigenvalue weighted by molar-refractivity contribution is 5.92. The monoisotopic (exact) mass is 536 g/mol. The largest absolute Gasteiger partial charge is 0.356 e. The van der Waals surface area contributed by atoms with E-state index in [-0.39, 0.29) is 12.1 Å². The average Bonchev–Trinajstić information content (AvgIpc) is 3.60. The van der Waals surface area contributed by atoms with E-state index in [0.29, 0.717) is 13.1 Å². The van der Waals surface area contributed by atoms with Crippen LogP contribution < -0.4 is 0 Å². The molecule has 2 heterocycles. The molecule has 0 radical (unpaired) electrons. The summed E-state index contributed by atoms with van der Waals surface area (Å²) < 4.78 is 0. The van der Waals surface area contributed by atoms with Crippen molar-refractivity contribution in [1.29, 1.82) is 0 Å². The van der Waals surface area contributed by atoms with Gasteiger partial charge in [0.2, 0.25) is 0 Å². The number of benzene rings is 2. The fourth-order valence-corrected chi connectivity index (χ4v) is 5.63. The molecule has 0 aromatic heterocycles. The maximum absolute atomic E-state index is 12.3. The van der Waals surface area contributed by atoms with Gasteiger partial charge in [-0.2, -0.15) is 10.1 Å². The van der Waals surface area contributed by atoms with Crippen LogP contribution in [0, 0.1) is 0 Å². The molecule has 2 aliphatic carbocycles. The van der Waals surface area contributed by atoms with Gasteiger partial charge in [-0.25, -0.2) is 9.59 Å². The molecule has 4 aliphatic rings. The first-order chi connectivity index (χ1) is 19.6. The van der Waals surface area contributed by atoms with Crippen LogP contribution in [0.5, 0.6) is 0 Å². The Morgan fingerprint density at radius 1 is 0.700 bits per heavy atom. The van der Waals surface area contributed by atoms with Gasteiger partial charge < -0.3 is 9.68 Å². The van der Waals surface area contributed by atoms with Crippen LogP contribution in [0.4, 0.5) is 0 Å². The van der Waals surface area contributed by atoms with Crippen molar-refractivity contribution in [3.8, 4) is 0 Å². The summed E-state index contributed by atoms with van der Waals surface area (Å²) in [6, 6.07) is 16.9. The number of hydrogen-bond donors (Lipinski definition) is 0. The molecule has 40 heavy (non-hydrogen) atoms. The van der Waals surface area contributed by atoms with E-state index >= 15 is 0 Å². The molecule has 6 rings (SSSR count). The zero-order chi connectivity index (χ0) is 27.3. The van der Waals surface area contributed by atoms with Crippen LogP contribution in [0.1, 0.15) is 47.9 Å². The highest BCUT2D eigenvalue weighted by atomic mass is 16.7. The maximum Gasteiger partial charge on any atom is 0.356 e. The minimum absolute atomic E-state index is 0.0276. The predicted octanol–water partition coefficient (Wildman–Crippen LogP) is 4.72. The average molecular weight is 537 g/mol. The minimum atomic E-state index is -0.660. The van der Waals surface area contributed by atoms with Gasteiger partial charge in [0.1, 0.15) is 12.7 Å². The molecule has 0 spiro atoms. The highest BCUT2D eigenvalue weighted by Gasteiger charge is 2.24. The van der Waals surface area contributed by atoms with E-state index in [1.165, 1.54) is 56.2 Å². The van der Waals surface area contributed by atoms with E-state index in [1.807, 2.05) is 0 Å². The van der Waals surface area contributed by atoms with Gasteiger partial charge >= 0.3 is 11.9 Å². The Balaban J connectivity index is 0.911. The lowest BCUT2D eigenvalue weighted by Crippen LogP contribution is -2.27. The molecule has 2 aliphatic heterocycles. The van der Waals surface area contributed by atoms with Gasteiger partial charge in [-0.05, 0) is 60.8 Å². The first kappa shape index (κ1) is 25.8. The number of carbonyl (C=O) groups excluding carboxylic acids is 2. The van der Waals surface area contributed by atoms with E-state index in [9.17, 15) is 9.59 Å². The summed E-state index contributed by atoms with van der Waals surface area (Å²) in [6.07, 6.45) is 15.5. The first-order valence-corrected chi connectivity index (χ1v) is 13.8. The van der Waals surface area contributed by atoms with Crippen molar-refractivity contribution in [2.75, 3.05) is 13.1 Å². The number of hydrogen-bond acceptors (Lipinski definition) is 8. The number of fused-ring (bicyclic) bond motifs is 2. The van der Waals surface area contributed by atoms with Crippen molar-refractivity contribution in [2.24, 2.45) is 9.98 Å². The Morgan fingerprint density at radius 2 is 1.15 bits per heavy atom. The van der Waals surface area contributed by atoms with Crippen molar-refractivity contribution in [2.45, 2.75) is 50.6 Å². The summed E-state index contributed by atoms with van der Waals surface area (Å²) in [5.74, 6) is -1.32. The SMILES string of the molecule is O=C(/C=C/C(=O)ON1C=NC(CC2=Cc3ccccc3CC2)C1)ON1C=NC(CC2=Cc3ccccc3CC2)C1. The molecule has 0 bridgehead atoms. The third kappa shape index (κ3) is 6.39. The molecular weight excluding hydrogens is 504 g/mol. The van der Waals surface area contributed by atoms with Crippen molar-refractivity contribution in [1.82, 2.24) is 10.1 Å². The second-order valence-electron chi connectivity index (χ2n) is 10.6. The molecule has 2 atom stereocenters. The molecular formula is C32H32N4O4. The first-order valence-electron chi connectivity index (χ1n) is 13.8. The molecule has 0 N–H and O–H groups in total. The van der Waals surface area contributed by atoms with Gasteiger partial charge in [-0.15, -0.1) is 0 Å². The van der Waals surface area contributed by atoms with Crippen LogP contribution in [-0.4, -0.2) is 59.9 Å². The van der Waals surface area contributed by atoms with E-state index < -0.39 is 11.9 Å². The number of aryl methyl sites for hydroxylation is 2. The molecule has 0 saturated carbocycles. The fraction of sp³-hybridized carbons (Fsp3) is 0.312. The zero-order valence-electron chi connectivity index (χ0n) is 22.3. The van der Waals surface area contributed by atoms with Crippen molar-refractivity contribution < 1.29 is 19.3 Å². The molecule has 2 aromatic rings. The topological polar surface area (TPSA) is 83.8 Å².